The van der Waals surface area contributed by atoms with Crippen molar-refractivity contribution >= 4 is 28.6 Å². The van der Waals surface area contributed by atoms with E-state index in [0.29, 0.717) is 16.9 Å². The number of aromatic nitrogens is 1. The zero-order valence-corrected chi connectivity index (χ0v) is 11.4. The second kappa shape index (κ2) is 5.71. The van der Waals surface area contributed by atoms with E-state index in [9.17, 15) is 4.79 Å². The van der Waals surface area contributed by atoms with Crippen LogP contribution >= 0.6 is 11.3 Å². The molecule has 0 aliphatic rings. The van der Waals surface area contributed by atoms with Gasteiger partial charge in [0, 0.05) is 11.6 Å². The van der Waals surface area contributed by atoms with Crippen LogP contribution < -0.4 is 16.8 Å². The Balaban J connectivity index is 2.28. The predicted octanol–water partition coefficient (Wildman–Crippen LogP) is 2.39. The number of benzene rings is 1. The van der Waals surface area contributed by atoms with Gasteiger partial charge in [0.25, 0.3) is 5.91 Å². The molecule has 1 atom stereocenters. The molecule has 1 aromatic heterocycles. The Hall–Kier alpha value is -2.08. The molecular formula is C13H16N4OS. The lowest BCUT2D eigenvalue weighted by atomic mass is 10.1. The van der Waals surface area contributed by atoms with Gasteiger partial charge in [0.2, 0.25) is 0 Å². The molecule has 0 saturated heterocycles. The molecule has 6 heteroatoms. The zero-order valence-electron chi connectivity index (χ0n) is 10.6. The van der Waals surface area contributed by atoms with Crippen molar-refractivity contribution in [3.63, 3.8) is 0 Å². The van der Waals surface area contributed by atoms with Gasteiger partial charge < -0.3 is 16.8 Å². The van der Waals surface area contributed by atoms with Gasteiger partial charge in [0.1, 0.15) is 5.01 Å². The molecule has 2 rings (SSSR count). The SMILES string of the molecule is CCC(Nc1cccc(C(N)=O)c1N)c1nccs1. The van der Waals surface area contributed by atoms with Crippen LogP contribution in [0.4, 0.5) is 11.4 Å². The summed E-state index contributed by atoms with van der Waals surface area (Å²) in [5, 5.41) is 6.24. The van der Waals surface area contributed by atoms with Crippen molar-refractivity contribution in [2.24, 2.45) is 5.73 Å². The molecule has 2 aromatic rings. The number of rotatable bonds is 5. The van der Waals surface area contributed by atoms with Crippen LogP contribution in [-0.2, 0) is 0 Å². The number of anilines is 2. The van der Waals surface area contributed by atoms with Crippen LogP contribution in [0.5, 0.6) is 0 Å². The van der Waals surface area contributed by atoms with E-state index in [-0.39, 0.29) is 6.04 Å². The van der Waals surface area contributed by atoms with Gasteiger partial charge >= 0.3 is 0 Å². The first-order chi connectivity index (χ1) is 9.13. The summed E-state index contributed by atoms with van der Waals surface area (Å²) < 4.78 is 0. The quantitative estimate of drug-likeness (QED) is 0.731. The standard InChI is InChI=1S/C13H16N4OS/c1-2-9(13-16-6-7-19-13)17-10-5-3-4-8(11(10)14)12(15)18/h3-7,9,17H,2,14H2,1H3,(H2,15,18). The molecule has 1 amide bonds. The highest BCUT2D eigenvalue weighted by atomic mass is 32.1. The van der Waals surface area contributed by atoms with Crippen molar-refractivity contribution in [1.29, 1.82) is 0 Å². The Morgan fingerprint density at radius 3 is 2.89 bits per heavy atom. The molecule has 1 aromatic carbocycles. The predicted molar refractivity (Wildman–Crippen MR) is 78.1 cm³/mol. The van der Waals surface area contributed by atoms with Gasteiger partial charge in [-0.25, -0.2) is 4.98 Å². The van der Waals surface area contributed by atoms with E-state index in [1.807, 2.05) is 11.4 Å². The molecule has 0 saturated carbocycles. The molecule has 0 spiro atoms. The summed E-state index contributed by atoms with van der Waals surface area (Å²) in [5.41, 5.74) is 12.7. The number of thiazole rings is 1. The topological polar surface area (TPSA) is 94.0 Å². The summed E-state index contributed by atoms with van der Waals surface area (Å²) in [6, 6.07) is 5.28. The lowest BCUT2D eigenvalue weighted by molar-refractivity contribution is 0.100. The van der Waals surface area contributed by atoms with Crippen LogP contribution in [0.3, 0.4) is 0 Å². The Kier molecular flexibility index (Phi) is 4.01. The number of nitrogens with two attached hydrogens (primary N) is 2. The van der Waals surface area contributed by atoms with Gasteiger partial charge in [0.15, 0.2) is 0 Å². The number of nitrogens with zero attached hydrogens (tertiary/aromatic N) is 1. The highest BCUT2D eigenvalue weighted by Crippen LogP contribution is 2.29. The molecule has 0 aliphatic carbocycles. The number of primary amides is 1. The average molecular weight is 276 g/mol. The summed E-state index contributed by atoms with van der Waals surface area (Å²) in [4.78, 5) is 15.6. The monoisotopic (exact) mass is 276 g/mol. The summed E-state index contributed by atoms with van der Waals surface area (Å²) in [7, 11) is 0. The number of hydrogen-bond acceptors (Lipinski definition) is 5. The lowest BCUT2D eigenvalue weighted by Crippen LogP contribution is -2.16. The first kappa shape index (κ1) is 13.4. The Bertz CT molecular complexity index is 568. The smallest absolute Gasteiger partial charge is 0.250 e. The van der Waals surface area contributed by atoms with E-state index in [2.05, 4.69) is 17.2 Å². The number of nitrogen functional groups attached to an aromatic ring is 1. The van der Waals surface area contributed by atoms with Crippen molar-refractivity contribution in [3.05, 3.63) is 40.3 Å². The zero-order chi connectivity index (χ0) is 13.8. The van der Waals surface area contributed by atoms with E-state index >= 15 is 0 Å². The maximum atomic E-state index is 11.3. The van der Waals surface area contributed by atoms with Gasteiger partial charge in [0.05, 0.1) is 23.0 Å². The minimum absolute atomic E-state index is 0.0745. The van der Waals surface area contributed by atoms with Crippen LogP contribution in [0, 0.1) is 0 Å². The van der Waals surface area contributed by atoms with Gasteiger partial charge in [-0.15, -0.1) is 11.3 Å². The molecule has 0 radical (unpaired) electrons. The molecule has 0 fully saturated rings. The van der Waals surface area contributed by atoms with E-state index in [0.717, 1.165) is 11.4 Å². The van der Waals surface area contributed by atoms with Crippen molar-refractivity contribution in [1.82, 2.24) is 4.98 Å². The van der Waals surface area contributed by atoms with E-state index < -0.39 is 5.91 Å². The Morgan fingerprint density at radius 2 is 2.32 bits per heavy atom. The Labute approximate surface area is 115 Å². The number of carbonyl (C=O) groups excluding carboxylic acids is 1. The molecule has 5 nitrogen and oxygen atoms in total. The van der Waals surface area contributed by atoms with Gasteiger partial charge in [-0.1, -0.05) is 13.0 Å². The first-order valence-electron chi connectivity index (χ1n) is 5.97. The average Bonchev–Trinajstić information content (AvgIpc) is 2.91. The minimum Gasteiger partial charge on any atom is -0.396 e. The number of amides is 1. The van der Waals surface area contributed by atoms with Crippen LogP contribution in [0.2, 0.25) is 0 Å². The molecule has 100 valence electrons. The first-order valence-corrected chi connectivity index (χ1v) is 6.85. The third kappa shape index (κ3) is 2.85. The number of hydrogen-bond donors (Lipinski definition) is 3. The van der Waals surface area contributed by atoms with Gasteiger partial charge in [-0.05, 0) is 18.6 Å². The molecule has 0 aliphatic heterocycles. The fraction of sp³-hybridized carbons (Fsp3) is 0.231. The molecule has 1 unspecified atom stereocenters. The highest BCUT2D eigenvalue weighted by Gasteiger charge is 2.15. The van der Waals surface area contributed by atoms with Crippen LogP contribution in [0.15, 0.2) is 29.8 Å². The largest absolute Gasteiger partial charge is 0.396 e. The highest BCUT2D eigenvalue weighted by molar-refractivity contribution is 7.09. The second-order valence-corrected chi connectivity index (χ2v) is 5.03. The Morgan fingerprint density at radius 1 is 1.53 bits per heavy atom. The fourth-order valence-corrected chi connectivity index (χ4v) is 2.61. The van der Waals surface area contributed by atoms with Crippen molar-refractivity contribution in [2.75, 3.05) is 11.1 Å². The van der Waals surface area contributed by atoms with Gasteiger partial charge in [-0.3, -0.25) is 4.79 Å². The van der Waals surface area contributed by atoms with Gasteiger partial charge in [-0.2, -0.15) is 0 Å². The molecular weight excluding hydrogens is 260 g/mol. The third-order valence-corrected chi connectivity index (χ3v) is 3.75. The summed E-state index contributed by atoms with van der Waals surface area (Å²) >= 11 is 1.59. The second-order valence-electron chi connectivity index (χ2n) is 4.11. The van der Waals surface area contributed by atoms with Crippen LogP contribution in [-0.4, -0.2) is 10.9 Å². The maximum absolute atomic E-state index is 11.3. The van der Waals surface area contributed by atoms with Crippen molar-refractivity contribution in [2.45, 2.75) is 19.4 Å². The molecule has 19 heavy (non-hydrogen) atoms. The number of carbonyl (C=O) groups is 1. The third-order valence-electron chi connectivity index (χ3n) is 2.86. The van der Waals surface area contributed by atoms with E-state index in [1.165, 1.54) is 0 Å². The number of para-hydroxylation sites is 1. The maximum Gasteiger partial charge on any atom is 0.250 e. The lowest BCUT2D eigenvalue weighted by Gasteiger charge is -2.18. The summed E-state index contributed by atoms with van der Waals surface area (Å²) in [5.74, 6) is -0.525. The van der Waals surface area contributed by atoms with Crippen LogP contribution in [0.25, 0.3) is 0 Å². The van der Waals surface area contributed by atoms with E-state index in [4.69, 9.17) is 11.5 Å². The van der Waals surface area contributed by atoms with E-state index in [1.54, 1.807) is 29.7 Å². The molecule has 5 N–H and O–H groups in total. The van der Waals surface area contributed by atoms with Crippen molar-refractivity contribution < 1.29 is 4.79 Å². The van der Waals surface area contributed by atoms with Crippen molar-refractivity contribution in [3.8, 4) is 0 Å². The normalized spacial score (nSPS) is 12.1. The fourth-order valence-electron chi connectivity index (χ4n) is 1.84. The summed E-state index contributed by atoms with van der Waals surface area (Å²) in [6.07, 6.45) is 2.64. The molecule has 0 bridgehead atoms. The number of nitrogens with one attached hydrogen (secondary N) is 1. The minimum atomic E-state index is -0.525. The van der Waals surface area contributed by atoms with Crippen LogP contribution in [0.1, 0.15) is 34.8 Å². The summed E-state index contributed by atoms with van der Waals surface area (Å²) in [6.45, 7) is 2.06. The molecule has 1 heterocycles.